The predicted octanol–water partition coefficient (Wildman–Crippen LogP) is -8.56. The molecule has 0 aliphatic carbocycles. The Balaban J connectivity index is 1.43. The van der Waals surface area contributed by atoms with Crippen molar-refractivity contribution in [2.24, 2.45) is 28.1 Å². The number of aliphatic carboxylic acids is 1. The lowest BCUT2D eigenvalue weighted by Crippen LogP contribution is -2.62. The van der Waals surface area contributed by atoms with Crippen molar-refractivity contribution in [3.05, 3.63) is 58.7 Å². The molecule has 3 heterocycles. The van der Waals surface area contributed by atoms with Gasteiger partial charge in [-0.3, -0.25) is 76.9 Å². The number of hydrogen-bond acceptors (Lipinski definition) is 20. The molecule has 0 saturated carbocycles. The minimum absolute atomic E-state index is 0.00594. The molecule has 3 aliphatic heterocycles. The zero-order valence-electron chi connectivity index (χ0n) is 53.8. The van der Waals surface area contributed by atoms with E-state index in [0.717, 1.165) is 29.2 Å². The number of aliphatic hydroxyl groups is 2. The van der Waals surface area contributed by atoms with E-state index in [4.69, 9.17) is 17.2 Å². The third kappa shape index (κ3) is 27.6. The topological polar surface area (TPSA) is 578 Å². The molecule has 38 nitrogen and oxygen atoms in total. The number of carboxylic acid groups (broad SMARTS) is 1. The second-order valence-corrected chi connectivity index (χ2v) is 22.5. The van der Waals surface area contributed by atoms with E-state index in [-0.39, 0.29) is 63.6 Å². The van der Waals surface area contributed by atoms with E-state index in [1.807, 2.05) is 26.6 Å². The van der Waals surface area contributed by atoms with Gasteiger partial charge in [-0.1, -0.05) is 27.2 Å². The van der Waals surface area contributed by atoms with Crippen LogP contribution < -0.4 is 81.0 Å². The Morgan fingerprint density at radius 1 is 0.500 bits per heavy atom. The smallest absolute Gasteiger partial charge is 0.326 e. The van der Waals surface area contributed by atoms with Crippen molar-refractivity contribution in [3.8, 4) is 0 Å². The van der Waals surface area contributed by atoms with Crippen LogP contribution in [0.2, 0.25) is 0 Å². The Morgan fingerprint density at radius 2 is 0.917 bits per heavy atom. The highest BCUT2D eigenvalue weighted by molar-refractivity contribution is 6.03. The first-order valence-electron chi connectivity index (χ1n) is 30.8. The van der Waals surface area contributed by atoms with Gasteiger partial charge in [0.15, 0.2) is 5.96 Å². The average molecular weight is 1360 g/mol. The van der Waals surface area contributed by atoms with Crippen molar-refractivity contribution in [1.82, 2.24) is 78.5 Å². The molecule has 96 heavy (non-hydrogen) atoms. The van der Waals surface area contributed by atoms with Crippen LogP contribution in [0.3, 0.4) is 0 Å². The van der Waals surface area contributed by atoms with Gasteiger partial charge in [0.2, 0.25) is 88.6 Å². The van der Waals surface area contributed by atoms with Crippen molar-refractivity contribution in [1.29, 1.82) is 0 Å². The van der Waals surface area contributed by atoms with Crippen LogP contribution in [0.4, 0.5) is 0 Å². The lowest BCUT2D eigenvalue weighted by atomic mass is 10.0. The van der Waals surface area contributed by atoms with Crippen molar-refractivity contribution >= 4 is 101 Å². The van der Waals surface area contributed by atoms with Gasteiger partial charge in [0.1, 0.15) is 94.1 Å². The summed E-state index contributed by atoms with van der Waals surface area (Å²) in [7, 11) is 0. The SMILES string of the molecule is C[CH][C@H](NC(=O)[CH]NC(=O)[CH]NC(=O)[CH]NC(=O)[CH]NC(=O)[CH]NC(=O)[CH]NC(=O)[CH]NC(=O)[C@@H]1CCCN1C(=O)[CH]CCCCN)C(=O)N[C@H](C(=O)N[C@H](C(=O)N1CCC[C@H]1C(=O)N[C@@H](CCCN=C(N)N)C(=O)N[C@H](C(=O)N1CCC[C@H]1C(=O)O)[C@@H](C)O)[C@@H](C)O)C(C)C. The number of amides is 15. The number of aliphatic imine (C=N–C) groups is 1. The van der Waals surface area contributed by atoms with Crippen LogP contribution >= 0.6 is 0 Å². The summed E-state index contributed by atoms with van der Waals surface area (Å²) >= 11 is 0. The summed E-state index contributed by atoms with van der Waals surface area (Å²) in [5.41, 5.74) is 16.4. The summed E-state index contributed by atoms with van der Waals surface area (Å²) in [6.07, 6.45) is 3.37. The quantitative estimate of drug-likeness (QED) is 0.0154. The van der Waals surface area contributed by atoms with Crippen molar-refractivity contribution in [3.63, 3.8) is 0 Å². The molecular formula is C58H88N19O19. The first-order valence-corrected chi connectivity index (χ1v) is 30.8. The number of rotatable bonds is 40. The molecule has 3 fully saturated rings. The maximum Gasteiger partial charge on any atom is 0.326 e. The molecule has 0 aromatic heterocycles. The number of nitrogens with one attached hydrogen (secondary N) is 12. The summed E-state index contributed by atoms with van der Waals surface area (Å²) in [6.45, 7) is 11.9. The Hall–Kier alpha value is -9.33. The molecule has 0 aromatic carbocycles. The molecule has 0 unspecified atom stereocenters. The van der Waals surface area contributed by atoms with Gasteiger partial charge in [0.05, 0.1) is 12.2 Å². The maximum absolute atomic E-state index is 14.2. The van der Waals surface area contributed by atoms with Gasteiger partial charge in [0, 0.05) is 32.6 Å². The van der Waals surface area contributed by atoms with Crippen molar-refractivity contribution in [2.75, 3.05) is 32.7 Å². The second kappa shape index (κ2) is 41.5. The number of hydrogen-bond donors (Lipinski definition) is 18. The van der Waals surface area contributed by atoms with Crippen LogP contribution in [0, 0.1) is 64.6 Å². The molecule has 3 rings (SSSR count). The summed E-state index contributed by atoms with van der Waals surface area (Å²) < 4.78 is 0. The zero-order chi connectivity index (χ0) is 71.8. The molecule has 10 atom stereocenters. The highest BCUT2D eigenvalue weighted by Crippen LogP contribution is 2.23. The number of likely N-dealkylation sites (tertiary alicyclic amines) is 3. The van der Waals surface area contributed by atoms with E-state index in [9.17, 15) is 92.0 Å². The molecule has 9 radical (unpaired) electrons. The first kappa shape index (κ1) is 80.9. The lowest BCUT2D eigenvalue weighted by molar-refractivity contribution is -0.151. The molecule has 0 spiro atoms. The molecule has 529 valence electrons. The number of carbonyl (C=O) groups excluding carboxylic acids is 15. The summed E-state index contributed by atoms with van der Waals surface area (Å²) in [4.78, 5) is 213. The summed E-state index contributed by atoms with van der Waals surface area (Å²) in [5, 5.41) is 57.6. The van der Waals surface area contributed by atoms with Gasteiger partial charge in [-0.05, 0) is 96.9 Å². The normalized spacial score (nSPS) is 17.9. The minimum Gasteiger partial charge on any atom is -0.480 e. The molecule has 15 amide bonds. The number of nitrogens with zero attached hydrogens (tertiary/aromatic N) is 4. The number of carbonyl (C=O) groups is 16. The van der Waals surface area contributed by atoms with Crippen LogP contribution in [0.1, 0.15) is 105 Å². The van der Waals surface area contributed by atoms with E-state index >= 15 is 0 Å². The number of guanidine groups is 1. The lowest BCUT2D eigenvalue weighted by Gasteiger charge is -2.33. The van der Waals surface area contributed by atoms with Gasteiger partial charge in [-0.25, -0.2) is 4.79 Å². The van der Waals surface area contributed by atoms with E-state index in [1.54, 1.807) is 0 Å². The second-order valence-electron chi connectivity index (χ2n) is 22.5. The molecule has 21 N–H and O–H groups in total. The zero-order valence-corrected chi connectivity index (χ0v) is 53.8. The molecule has 3 saturated heterocycles. The highest BCUT2D eigenvalue weighted by Gasteiger charge is 2.44. The number of carboxylic acids is 1. The van der Waals surface area contributed by atoms with Crippen LogP contribution in [0.15, 0.2) is 4.99 Å². The standard InChI is InChI=1S/C58H88N19O19/c1-6-34(70-45(86)30-68-43(84)28-66-41(82)26-64-39(80)24-63-40(81)25-65-42(83)27-67-44(85)29-69-52(90)36-15-11-21-75(36)46(87)18-8-7-9-19-59)50(88)72-47(31(2)3)54(92)74-49(33(5)79)55(93)76-22-12-16-37(76)53(91)71-35(14-10-20-62-58(60)61)51(89)73-48(32(4)78)56(94)77-23-13-17-38(77)57(95)96/h6,18,24-38,47-49,78-79H,7-17,19-23,59H2,1-5H3,(H,63,81)(H,64,80)(H,65,83)(H,66,82)(H,67,85)(H,68,84)(H,69,90)(H,70,86)(H,71,91)(H,72,88)(H,73,89)(H,74,92)(H,95,96)(H4,60,61,62)/t32-,33-,34+,35+,36+,37+,38+,47+,48+,49+/m1/s1. The Bertz CT molecular complexity index is 2800. The molecular weight excluding hydrogens is 1270 g/mol. The molecule has 0 bridgehead atoms. The van der Waals surface area contributed by atoms with Gasteiger partial charge < -0.3 is 111 Å². The minimum atomic E-state index is -1.71. The van der Waals surface area contributed by atoms with Crippen LogP contribution in [0.25, 0.3) is 0 Å². The van der Waals surface area contributed by atoms with E-state index < -0.39 is 155 Å². The summed E-state index contributed by atoms with van der Waals surface area (Å²) in [5.74, 6) is -15.9. The summed E-state index contributed by atoms with van der Waals surface area (Å²) in [6, 6.07) is -10.9. The van der Waals surface area contributed by atoms with Crippen LogP contribution in [-0.2, 0) is 76.7 Å². The Labute approximate surface area is 554 Å². The van der Waals surface area contributed by atoms with Crippen LogP contribution in [0.5, 0.6) is 0 Å². The van der Waals surface area contributed by atoms with Crippen molar-refractivity contribution in [2.45, 2.75) is 166 Å². The van der Waals surface area contributed by atoms with Gasteiger partial charge in [-0.2, -0.15) is 0 Å². The fourth-order valence-electron chi connectivity index (χ4n) is 9.77. The molecule has 38 heteroatoms. The number of nitrogens with two attached hydrogens (primary N) is 3. The van der Waals surface area contributed by atoms with Crippen molar-refractivity contribution < 1.29 is 92.0 Å². The first-order chi connectivity index (χ1) is 45.4. The third-order valence-electron chi connectivity index (χ3n) is 14.7. The monoisotopic (exact) mass is 1350 g/mol. The van der Waals surface area contributed by atoms with Gasteiger partial charge >= 0.3 is 5.97 Å². The van der Waals surface area contributed by atoms with E-state index in [2.05, 4.69) is 42.2 Å². The average Bonchev–Trinajstić information content (AvgIpc) is 1.85. The molecule has 3 aliphatic rings. The Morgan fingerprint density at radius 3 is 1.35 bits per heavy atom. The third-order valence-corrected chi connectivity index (χ3v) is 14.7. The number of aliphatic hydroxyl groups excluding tert-OH is 2. The molecule has 0 aromatic rings. The fraction of sp³-hybridized carbons (Fsp3) is 0.552. The van der Waals surface area contributed by atoms with E-state index in [0.29, 0.717) is 78.0 Å². The maximum atomic E-state index is 14.2. The predicted molar refractivity (Wildman–Crippen MR) is 334 cm³/mol. The van der Waals surface area contributed by atoms with Gasteiger partial charge in [-0.15, -0.1) is 0 Å². The fourth-order valence-corrected chi connectivity index (χ4v) is 9.77. The van der Waals surface area contributed by atoms with Crippen LogP contribution in [-0.4, -0.2) is 224 Å². The van der Waals surface area contributed by atoms with E-state index in [1.165, 1.54) is 52.4 Å². The number of unbranched alkanes of at least 4 members (excludes halogenated alkanes) is 2. The van der Waals surface area contributed by atoms with Gasteiger partial charge in [0.25, 0.3) is 0 Å². The Kier molecular flexibility index (Phi) is 35.0. The largest absolute Gasteiger partial charge is 0.480 e. The highest BCUT2D eigenvalue weighted by atomic mass is 16.4.